The van der Waals surface area contributed by atoms with Crippen LogP contribution in [0.5, 0.6) is 0 Å². The Morgan fingerprint density at radius 2 is 2.06 bits per heavy atom. The highest BCUT2D eigenvalue weighted by atomic mass is 16.2. The molecule has 2 amide bonds. The Balaban J connectivity index is 2.35. The van der Waals surface area contributed by atoms with Gasteiger partial charge in [0.15, 0.2) is 0 Å². The van der Waals surface area contributed by atoms with Crippen molar-refractivity contribution < 1.29 is 9.59 Å². The molecule has 1 saturated heterocycles. The fraction of sp³-hybridized carbons (Fsp3) is 0.333. The molecule has 0 spiro atoms. The van der Waals surface area contributed by atoms with E-state index in [2.05, 4.69) is 5.32 Å². The second-order valence-corrected chi connectivity index (χ2v) is 4.24. The van der Waals surface area contributed by atoms with E-state index in [0.29, 0.717) is 13.0 Å². The van der Waals surface area contributed by atoms with E-state index in [1.165, 1.54) is 0 Å². The fourth-order valence-corrected chi connectivity index (χ4v) is 2.26. The summed E-state index contributed by atoms with van der Waals surface area (Å²) < 4.78 is 0. The van der Waals surface area contributed by atoms with Gasteiger partial charge in [0.05, 0.1) is 0 Å². The van der Waals surface area contributed by atoms with Crippen molar-refractivity contribution in [2.75, 3.05) is 6.54 Å². The lowest BCUT2D eigenvalue weighted by Gasteiger charge is -2.26. The molecule has 1 aliphatic heterocycles. The molecule has 1 unspecified atom stereocenters. The molecule has 4 heteroatoms. The average Bonchev–Trinajstić information content (AvgIpc) is 2.62. The van der Waals surface area contributed by atoms with Crippen LogP contribution in [0.25, 0.3) is 0 Å². The van der Waals surface area contributed by atoms with Gasteiger partial charge in [-0.2, -0.15) is 0 Å². The Hall–Kier alpha value is -1.84. The molecule has 1 atom stereocenters. The van der Waals surface area contributed by atoms with Crippen LogP contribution in [-0.4, -0.2) is 18.4 Å². The van der Waals surface area contributed by atoms with Crippen molar-refractivity contribution in [3.63, 3.8) is 0 Å². The van der Waals surface area contributed by atoms with Crippen LogP contribution in [0.4, 0.5) is 0 Å². The van der Waals surface area contributed by atoms with Crippen molar-refractivity contribution in [2.45, 2.75) is 18.3 Å². The minimum absolute atomic E-state index is 0.0231. The minimum Gasteiger partial charge on any atom is -0.370 e. The van der Waals surface area contributed by atoms with Crippen molar-refractivity contribution in [3.8, 4) is 0 Å². The zero-order valence-corrected chi connectivity index (χ0v) is 8.90. The van der Waals surface area contributed by atoms with Gasteiger partial charge in [-0.1, -0.05) is 30.3 Å². The van der Waals surface area contributed by atoms with Crippen molar-refractivity contribution in [1.29, 1.82) is 0 Å². The molecule has 0 saturated carbocycles. The molecule has 0 aromatic heterocycles. The summed E-state index contributed by atoms with van der Waals surface area (Å²) >= 11 is 0. The molecule has 3 N–H and O–H groups in total. The van der Waals surface area contributed by atoms with Gasteiger partial charge in [-0.25, -0.2) is 0 Å². The van der Waals surface area contributed by atoms with Crippen LogP contribution < -0.4 is 11.1 Å². The van der Waals surface area contributed by atoms with Crippen LogP contribution in [0.2, 0.25) is 0 Å². The number of carbonyl (C=O) groups is 2. The minimum atomic E-state index is -0.454. The Kier molecular flexibility index (Phi) is 2.64. The lowest BCUT2D eigenvalue weighted by Crippen LogP contribution is -2.34. The van der Waals surface area contributed by atoms with Gasteiger partial charge in [0, 0.05) is 24.8 Å². The smallest absolute Gasteiger partial charge is 0.221 e. The summed E-state index contributed by atoms with van der Waals surface area (Å²) in [4.78, 5) is 22.5. The third-order valence-electron chi connectivity index (χ3n) is 3.02. The first-order valence-electron chi connectivity index (χ1n) is 5.23. The molecule has 1 fully saturated rings. The highest BCUT2D eigenvalue weighted by molar-refractivity contribution is 5.84. The fourth-order valence-electron chi connectivity index (χ4n) is 2.26. The van der Waals surface area contributed by atoms with E-state index in [1.54, 1.807) is 0 Å². The summed E-state index contributed by atoms with van der Waals surface area (Å²) in [5, 5.41) is 2.77. The van der Waals surface area contributed by atoms with Crippen molar-refractivity contribution in [3.05, 3.63) is 35.9 Å². The van der Waals surface area contributed by atoms with Gasteiger partial charge in [0.2, 0.25) is 11.8 Å². The van der Waals surface area contributed by atoms with E-state index in [1.807, 2.05) is 30.3 Å². The Labute approximate surface area is 93.8 Å². The maximum Gasteiger partial charge on any atom is 0.221 e. The lowest BCUT2D eigenvalue weighted by atomic mass is 9.76. The molecule has 0 bridgehead atoms. The molecule has 1 heterocycles. The highest BCUT2D eigenvalue weighted by Crippen LogP contribution is 2.34. The van der Waals surface area contributed by atoms with Gasteiger partial charge >= 0.3 is 0 Å². The zero-order chi connectivity index (χ0) is 11.6. The van der Waals surface area contributed by atoms with Crippen LogP contribution in [0.1, 0.15) is 18.4 Å². The summed E-state index contributed by atoms with van der Waals surface area (Å²) in [6.45, 7) is 0.485. The molecule has 1 aromatic carbocycles. The molecular formula is C12H14N2O2. The van der Waals surface area contributed by atoms with Crippen molar-refractivity contribution in [1.82, 2.24) is 5.32 Å². The van der Waals surface area contributed by atoms with Crippen LogP contribution in [0.15, 0.2) is 30.3 Å². The third-order valence-corrected chi connectivity index (χ3v) is 3.02. The predicted octanol–water partition coefficient (Wildman–Crippen LogP) is 0.320. The molecule has 1 aliphatic rings. The lowest BCUT2D eigenvalue weighted by molar-refractivity contribution is -0.120. The van der Waals surface area contributed by atoms with Crippen LogP contribution in [0.3, 0.4) is 0 Å². The summed E-state index contributed by atoms with van der Waals surface area (Å²) in [5.74, 6) is -0.398. The number of carbonyl (C=O) groups excluding carboxylic acids is 2. The first-order chi connectivity index (χ1) is 7.62. The molecule has 1 aromatic rings. The maximum absolute atomic E-state index is 11.4. The molecule has 16 heavy (non-hydrogen) atoms. The SMILES string of the molecule is NC(=O)CC1(c2ccccc2)CNC(=O)C1. The van der Waals surface area contributed by atoms with E-state index in [-0.39, 0.29) is 18.2 Å². The molecule has 4 nitrogen and oxygen atoms in total. The predicted molar refractivity (Wildman–Crippen MR) is 59.6 cm³/mol. The van der Waals surface area contributed by atoms with Gasteiger partial charge < -0.3 is 11.1 Å². The number of amides is 2. The van der Waals surface area contributed by atoms with E-state index in [0.717, 1.165) is 5.56 Å². The normalized spacial score (nSPS) is 24.1. The number of hydrogen-bond donors (Lipinski definition) is 2. The average molecular weight is 218 g/mol. The topological polar surface area (TPSA) is 72.2 Å². The first kappa shape index (κ1) is 10.7. The van der Waals surface area contributed by atoms with Crippen LogP contribution >= 0.6 is 0 Å². The number of nitrogens with one attached hydrogen (secondary N) is 1. The molecule has 0 aliphatic carbocycles. The summed E-state index contributed by atoms with van der Waals surface area (Å²) in [7, 11) is 0. The quantitative estimate of drug-likeness (QED) is 0.767. The van der Waals surface area contributed by atoms with Gasteiger partial charge in [-0.05, 0) is 5.56 Å². The van der Waals surface area contributed by atoms with Gasteiger partial charge in [-0.3, -0.25) is 9.59 Å². The third kappa shape index (κ3) is 1.91. The molecule has 84 valence electrons. The van der Waals surface area contributed by atoms with Crippen LogP contribution in [-0.2, 0) is 15.0 Å². The van der Waals surface area contributed by atoms with Gasteiger partial charge in [-0.15, -0.1) is 0 Å². The number of benzene rings is 1. The van der Waals surface area contributed by atoms with Gasteiger partial charge in [0.25, 0.3) is 0 Å². The summed E-state index contributed by atoms with van der Waals surface area (Å²) in [6.07, 6.45) is 0.537. The van der Waals surface area contributed by atoms with E-state index < -0.39 is 5.41 Å². The molecule has 0 radical (unpaired) electrons. The number of nitrogens with two attached hydrogens (primary N) is 1. The summed E-state index contributed by atoms with van der Waals surface area (Å²) in [6, 6.07) is 9.58. The number of primary amides is 1. The Bertz CT molecular complexity index is 416. The summed E-state index contributed by atoms with van der Waals surface area (Å²) in [5.41, 5.74) is 5.80. The maximum atomic E-state index is 11.4. The molecule has 2 rings (SSSR count). The first-order valence-corrected chi connectivity index (χ1v) is 5.23. The standard InChI is InChI=1S/C12H14N2O2/c13-10(15)6-12(7-11(16)14-8-12)9-4-2-1-3-5-9/h1-5H,6-8H2,(H2,13,15)(H,14,16). The Morgan fingerprint density at radius 1 is 1.38 bits per heavy atom. The Morgan fingerprint density at radius 3 is 2.56 bits per heavy atom. The zero-order valence-electron chi connectivity index (χ0n) is 8.90. The molecular weight excluding hydrogens is 204 g/mol. The van der Waals surface area contributed by atoms with Gasteiger partial charge in [0.1, 0.15) is 0 Å². The monoisotopic (exact) mass is 218 g/mol. The van der Waals surface area contributed by atoms with E-state index >= 15 is 0 Å². The van der Waals surface area contributed by atoms with Crippen molar-refractivity contribution >= 4 is 11.8 Å². The highest BCUT2D eigenvalue weighted by Gasteiger charge is 2.41. The van der Waals surface area contributed by atoms with Crippen LogP contribution in [0, 0.1) is 0 Å². The van der Waals surface area contributed by atoms with E-state index in [4.69, 9.17) is 5.73 Å². The van der Waals surface area contributed by atoms with Crippen molar-refractivity contribution in [2.24, 2.45) is 5.73 Å². The number of rotatable bonds is 3. The second kappa shape index (κ2) is 3.96. The van der Waals surface area contributed by atoms with E-state index in [9.17, 15) is 9.59 Å². The largest absolute Gasteiger partial charge is 0.370 e. The number of hydrogen-bond acceptors (Lipinski definition) is 2. The second-order valence-electron chi connectivity index (χ2n) is 4.24.